The summed E-state index contributed by atoms with van der Waals surface area (Å²) in [5.41, 5.74) is 3.09. The summed E-state index contributed by atoms with van der Waals surface area (Å²) in [5, 5.41) is 10.5. The molecule has 3 aromatic rings. The van der Waals surface area contributed by atoms with Crippen LogP contribution in [0.5, 0.6) is 5.75 Å². The Morgan fingerprint density at radius 1 is 1.14 bits per heavy atom. The van der Waals surface area contributed by atoms with Crippen LogP contribution in [0.1, 0.15) is 13.3 Å². The van der Waals surface area contributed by atoms with Crippen molar-refractivity contribution < 1.29 is 9.47 Å². The topological polar surface area (TPSA) is 75.3 Å². The van der Waals surface area contributed by atoms with Crippen LogP contribution in [0.3, 0.4) is 0 Å². The lowest BCUT2D eigenvalue weighted by Crippen LogP contribution is -2.36. The van der Waals surface area contributed by atoms with E-state index < -0.39 is 0 Å². The molecular formula is C21H25N5O2. The monoisotopic (exact) mass is 379 g/mol. The predicted octanol–water partition coefficient (Wildman–Crippen LogP) is 3.84. The Balaban J connectivity index is 1.42. The number of H-pyrrole nitrogens is 1. The van der Waals surface area contributed by atoms with Gasteiger partial charge in [0.05, 0.1) is 19.8 Å². The molecule has 146 valence electrons. The van der Waals surface area contributed by atoms with Crippen LogP contribution < -0.4 is 15.0 Å². The highest BCUT2D eigenvalue weighted by molar-refractivity contribution is 5.62. The van der Waals surface area contributed by atoms with E-state index in [2.05, 4.69) is 44.5 Å². The van der Waals surface area contributed by atoms with Gasteiger partial charge in [-0.05, 0) is 42.8 Å². The van der Waals surface area contributed by atoms with Crippen molar-refractivity contribution in [2.45, 2.75) is 13.3 Å². The SMILES string of the molecule is CCCOc1cccc(-c2nc(Nc3ccc(N4CCOCC4)cc3)n[nH]2)c1. The lowest BCUT2D eigenvalue weighted by molar-refractivity contribution is 0.122. The van der Waals surface area contributed by atoms with E-state index in [1.165, 1.54) is 5.69 Å². The van der Waals surface area contributed by atoms with Gasteiger partial charge < -0.3 is 19.7 Å². The van der Waals surface area contributed by atoms with Gasteiger partial charge in [-0.1, -0.05) is 19.1 Å². The number of rotatable bonds is 7. The number of anilines is 3. The number of aromatic nitrogens is 3. The Bertz CT molecular complexity index is 888. The first-order valence-electron chi connectivity index (χ1n) is 9.67. The second kappa shape index (κ2) is 8.75. The highest BCUT2D eigenvalue weighted by atomic mass is 16.5. The van der Waals surface area contributed by atoms with Gasteiger partial charge >= 0.3 is 0 Å². The molecule has 4 rings (SSSR count). The number of ether oxygens (including phenoxy) is 2. The lowest BCUT2D eigenvalue weighted by atomic mass is 10.2. The summed E-state index contributed by atoms with van der Waals surface area (Å²) in [6.45, 7) is 6.21. The fourth-order valence-electron chi connectivity index (χ4n) is 3.11. The van der Waals surface area contributed by atoms with Crippen LogP contribution in [0.2, 0.25) is 0 Å². The van der Waals surface area contributed by atoms with Gasteiger partial charge in [0.1, 0.15) is 5.75 Å². The third-order valence-electron chi connectivity index (χ3n) is 4.57. The second-order valence-corrected chi connectivity index (χ2v) is 6.66. The zero-order valence-corrected chi connectivity index (χ0v) is 16.0. The summed E-state index contributed by atoms with van der Waals surface area (Å²) in [4.78, 5) is 6.87. The molecule has 0 aliphatic carbocycles. The normalized spacial score (nSPS) is 14.1. The first-order valence-corrected chi connectivity index (χ1v) is 9.67. The average Bonchev–Trinajstić information content (AvgIpc) is 3.22. The van der Waals surface area contributed by atoms with Gasteiger partial charge in [-0.15, -0.1) is 5.10 Å². The van der Waals surface area contributed by atoms with Gasteiger partial charge in [0.15, 0.2) is 5.82 Å². The minimum atomic E-state index is 0.536. The van der Waals surface area contributed by atoms with Crippen LogP contribution in [0, 0.1) is 0 Å². The first kappa shape index (κ1) is 18.3. The zero-order chi connectivity index (χ0) is 19.2. The predicted molar refractivity (Wildman–Crippen MR) is 110 cm³/mol. The van der Waals surface area contributed by atoms with Crippen molar-refractivity contribution in [3.63, 3.8) is 0 Å². The first-order chi connectivity index (χ1) is 13.8. The maximum atomic E-state index is 5.69. The summed E-state index contributed by atoms with van der Waals surface area (Å²) in [7, 11) is 0. The van der Waals surface area contributed by atoms with E-state index in [9.17, 15) is 0 Å². The Kier molecular flexibility index (Phi) is 5.72. The average molecular weight is 379 g/mol. The van der Waals surface area contributed by atoms with Crippen molar-refractivity contribution in [3.8, 4) is 17.1 Å². The molecule has 0 atom stereocenters. The number of benzene rings is 2. The van der Waals surface area contributed by atoms with Gasteiger partial charge in [-0.2, -0.15) is 4.98 Å². The number of morpholine rings is 1. The van der Waals surface area contributed by atoms with Crippen molar-refractivity contribution in [2.75, 3.05) is 43.1 Å². The van der Waals surface area contributed by atoms with E-state index in [4.69, 9.17) is 9.47 Å². The van der Waals surface area contributed by atoms with Crippen LogP contribution >= 0.6 is 0 Å². The van der Waals surface area contributed by atoms with Crippen LogP contribution in [0.25, 0.3) is 11.4 Å². The van der Waals surface area contributed by atoms with Crippen molar-refractivity contribution in [1.29, 1.82) is 0 Å². The van der Waals surface area contributed by atoms with Crippen molar-refractivity contribution in [2.24, 2.45) is 0 Å². The standard InChI is InChI=1S/C21H25N5O2/c1-2-12-28-19-5-3-4-16(15-19)20-23-21(25-24-20)22-17-6-8-18(9-7-17)26-10-13-27-14-11-26/h3-9,15H,2,10-14H2,1H3,(H2,22,23,24,25). The molecule has 0 spiro atoms. The fourth-order valence-corrected chi connectivity index (χ4v) is 3.11. The van der Waals surface area contributed by atoms with Crippen LogP contribution in [0.15, 0.2) is 48.5 Å². The molecule has 0 amide bonds. The van der Waals surface area contributed by atoms with Crippen LogP contribution in [0.4, 0.5) is 17.3 Å². The van der Waals surface area contributed by atoms with Gasteiger partial charge in [0.25, 0.3) is 0 Å². The summed E-state index contributed by atoms with van der Waals surface area (Å²) < 4.78 is 11.1. The summed E-state index contributed by atoms with van der Waals surface area (Å²) in [6, 6.07) is 16.2. The van der Waals surface area contributed by atoms with E-state index in [-0.39, 0.29) is 0 Å². The van der Waals surface area contributed by atoms with Crippen molar-refractivity contribution >= 4 is 17.3 Å². The third kappa shape index (κ3) is 4.43. The maximum absolute atomic E-state index is 5.69. The van der Waals surface area contributed by atoms with E-state index >= 15 is 0 Å². The number of aromatic amines is 1. The maximum Gasteiger partial charge on any atom is 0.246 e. The van der Waals surface area contributed by atoms with E-state index in [1.54, 1.807) is 0 Å². The molecule has 28 heavy (non-hydrogen) atoms. The van der Waals surface area contributed by atoms with E-state index in [0.717, 1.165) is 49.7 Å². The Morgan fingerprint density at radius 3 is 2.75 bits per heavy atom. The number of nitrogens with one attached hydrogen (secondary N) is 2. The molecule has 1 aliphatic rings. The number of hydrogen-bond acceptors (Lipinski definition) is 6. The smallest absolute Gasteiger partial charge is 0.246 e. The Hall–Kier alpha value is -3.06. The molecule has 2 heterocycles. The fraction of sp³-hybridized carbons (Fsp3) is 0.333. The summed E-state index contributed by atoms with van der Waals surface area (Å²) >= 11 is 0. The summed E-state index contributed by atoms with van der Waals surface area (Å²) in [6.07, 6.45) is 0.977. The molecule has 0 bridgehead atoms. The quantitative estimate of drug-likeness (QED) is 0.650. The summed E-state index contributed by atoms with van der Waals surface area (Å²) in [5.74, 6) is 2.08. The molecule has 2 N–H and O–H groups in total. The van der Waals surface area contributed by atoms with Gasteiger partial charge in [-0.25, -0.2) is 0 Å². The molecule has 0 unspecified atom stereocenters. The molecule has 0 radical (unpaired) electrons. The van der Waals surface area contributed by atoms with Gasteiger partial charge in [0, 0.05) is 30.0 Å². The van der Waals surface area contributed by atoms with Crippen molar-refractivity contribution in [1.82, 2.24) is 15.2 Å². The van der Waals surface area contributed by atoms with E-state index in [0.29, 0.717) is 18.4 Å². The molecule has 7 heteroatoms. The van der Waals surface area contributed by atoms with Crippen LogP contribution in [-0.4, -0.2) is 48.1 Å². The molecule has 7 nitrogen and oxygen atoms in total. The zero-order valence-electron chi connectivity index (χ0n) is 16.0. The highest BCUT2D eigenvalue weighted by Gasteiger charge is 2.11. The minimum Gasteiger partial charge on any atom is -0.494 e. The highest BCUT2D eigenvalue weighted by Crippen LogP contribution is 2.24. The Labute approximate surface area is 164 Å². The molecule has 1 aliphatic heterocycles. The molecule has 1 fully saturated rings. The third-order valence-corrected chi connectivity index (χ3v) is 4.57. The van der Waals surface area contributed by atoms with Crippen LogP contribution in [-0.2, 0) is 4.74 Å². The Morgan fingerprint density at radius 2 is 1.96 bits per heavy atom. The molecule has 1 aromatic heterocycles. The second-order valence-electron chi connectivity index (χ2n) is 6.66. The molecule has 2 aromatic carbocycles. The van der Waals surface area contributed by atoms with Gasteiger partial charge in [-0.3, -0.25) is 5.10 Å². The number of nitrogens with zero attached hydrogens (tertiary/aromatic N) is 3. The molecular weight excluding hydrogens is 354 g/mol. The minimum absolute atomic E-state index is 0.536. The largest absolute Gasteiger partial charge is 0.494 e. The van der Waals surface area contributed by atoms with E-state index in [1.807, 2.05) is 36.4 Å². The van der Waals surface area contributed by atoms with Crippen molar-refractivity contribution in [3.05, 3.63) is 48.5 Å². The molecule has 1 saturated heterocycles. The lowest BCUT2D eigenvalue weighted by Gasteiger charge is -2.28. The molecule has 0 saturated carbocycles. The number of hydrogen-bond donors (Lipinski definition) is 2. The van der Waals surface area contributed by atoms with Gasteiger partial charge in [0.2, 0.25) is 5.95 Å².